The van der Waals surface area contributed by atoms with Gasteiger partial charge in [-0.2, -0.15) is 0 Å². The van der Waals surface area contributed by atoms with E-state index in [0.29, 0.717) is 0 Å². The van der Waals surface area contributed by atoms with Gasteiger partial charge in [0.15, 0.2) is 0 Å². The fourth-order valence-corrected chi connectivity index (χ4v) is 0. The molecule has 0 nitrogen and oxygen atoms in total. The van der Waals surface area contributed by atoms with Crippen molar-refractivity contribution >= 4 is 0 Å². The molecule has 0 spiro atoms. The molecule has 0 fully saturated rings. The molecule has 0 heterocycles. The molecule has 0 aromatic heterocycles. The molecule has 0 unspecified atom stereocenters. The molecule has 0 rings (SSSR count). The summed E-state index contributed by atoms with van der Waals surface area (Å²) in [6.45, 7) is 0. The van der Waals surface area contributed by atoms with E-state index in [0.717, 1.165) is 0 Å². The van der Waals surface area contributed by atoms with Gasteiger partial charge in [0.25, 0.3) is 0 Å². The second-order valence-corrected chi connectivity index (χ2v) is 0. The van der Waals surface area contributed by atoms with Gasteiger partial charge in [0.05, 0.1) is 0 Å². The van der Waals surface area contributed by atoms with E-state index in [9.17, 15) is 0 Å². The zero-order valence-corrected chi connectivity index (χ0v) is 12.6. The first-order chi connectivity index (χ1) is 0. The van der Waals surface area contributed by atoms with Gasteiger partial charge in [0.1, 0.15) is 0 Å². The maximum absolute atomic E-state index is 0. The predicted molar refractivity (Wildman–Crippen MR) is 0 cm³/mol. The van der Waals surface area contributed by atoms with Gasteiger partial charge < -0.3 is 95.9 Å². The molecule has 0 saturated carbocycles. The molecular formula is I4Mo. The van der Waals surface area contributed by atoms with Crippen LogP contribution in [-0.4, -0.2) is 0 Å². The van der Waals surface area contributed by atoms with E-state index >= 15 is 0 Å². The van der Waals surface area contributed by atoms with Crippen molar-refractivity contribution in [3.8, 4) is 0 Å². The summed E-state index contributed by atoms with van der Waals surface area (Å²) >= 11 is 0. The van der Waals surface area contributed by atoms with Crippen molar-refractivity contribution in [3.63, 3.8) is 0 Å². The predicted octanol–water partition coefficient (Wildman–Crippen LogP) is -12.0. The van der Waals surface area contributed by atoms with Crippen LogP contribution in [0, 0.1) is 0 Å². The first-order valence-corrected chi connectivity index (χ1v) is 0. The molecule has 0 aromatic rings. The second kappa shape index (κ2) is 25.5. The first kappa shape index (κ1) is 38.3. The number of rotatable bonds is 0. The van der Waals surface area contributed by atoms with Crippen LogP contribution in [0.5, 0.6) is 0 Å². The maximum Gasteiger partial charge on any atom is 4.00 e. The third kappa shape index (κ3) is 18.4. The Balaban J connectivity index is 0. The molecule has 0 N–H and O–H groups in total. The van der Waals surface area contributed by atoms with Crippen molar-refractivity contribution in [2.75, 3.05) is 0 Å². The molecule has 0 saturated heterocycles. The summed E-state index contributed by atoms with van der Waals surface area (Å²) in [5, 5.41) is 0. The van der Waals surface area contributed by atoms with Crippen molar-refractivity contribution in [1.82, 2.24) is 0 Å². The molecule has 34 valence electrons. The maximum atomic E-state index is 0. The fourth-order valence-electron chi connectivity index (χ4n) is 0. The average molecular weight is 604 g/mol. The van der Waals surface area contributed by atoms with Crippen molar-refractivity contribution in [3.05, 3.63) is 0 Å². The van der Waals surface area contributed by atoms with Crippen LogP contribution in [0.4, 0.5) is 0 Å². The smallest absolute Gasteiger partial charge is 1.00 e. The summed E-state index contributed by atoms with van der Waals surface area (Å²) < 4.78 is 0. The summed E-state index contributed by atoms with van der Waals surface area (Å²) in [4.78, 5) is 0. The summed E-state index contributed by atoms with van der Waals surface area (Å²) in [7, 11) is 0. The van der Waals surface area contributed by atoms with Crippen LogP contribution in [0.2, 0.25) is 0 Å². The van der Waals surface area contributed by atoms with E-state index in [2.05, 4.69) is 0 Å². The molecule has 0 atom stereocenters. The Labute approximate surface area is 114 Å². The van der Waals surface area contributed by atoms with Gasteiger partial charge in [-0.05, 0) is 0 Å². The van der Waals surface area contributed by atoms with E-state index < -0.39 is 0 Å². The summed E-state index contributed by atoms with van der Waals surface area (Å²) in [5.74, 6) is 0. The molecule has 5 heteroatoms. The minimum Gasteiger partial charge on any atom is -1.00 e. The first-order valence-electron chi connectivity index (χ1n) is 0. The van der Waals surface area contributed by atoms with Gasteiger partial charge in [0, 0.05) is 0 Å². The SMILES string of the molecule is [I-].[I-].[I-].[I-].[Mo+4]. The van der Waals surface area contributed by atoms with Gasteiger partial charge in [-0.15, -0.1) is 0 Å². The third-order valence-corrected chi connectivity index (χ3v) is 0. The van der Waals surface area contributed by atoms with E-state index in [1.165, 1.54) is 0 Å². The Bertz CT molecular complexity index is 3.61. The van der Waals surface area contributed by atoms with E-state index in [1.807, 2.05) is 0 Å². The monoisotopic (exact) mass is 606 g/mol. The van der Waals surface area contributed by atoms with Crippen molar-refractivity contribution in [2.24, 2.45) is 0 Å². The molecule has 0 aromatic carbocycles. The van der Waals surface area contributed by atoms with Crippen LogP contribution in [-0.2, 0) is 21.1 Å². The normalized spacial score (nSPS) is 0. The summed E-state index contributed by atoms with van der Waals surface area (Å²) in [5.41, 5.74) is 0. The van der Waals surface area contributed by atoms with Gasteiger partial charge in [-0.3, -0.25) is 0 Å². The van der Waals surface area contributed by atoms with Crippen molar-refractivity contribution in [2.45, 2.75) is 0 Å². The Kier molecular flexibility index (Phi) is 195. The molecule has 0 aliphatic heterocycles. The molecule has 0 radical (unpaired) electrons. The number of hydrogen-bond acceptors (Lipinski definition) is 0. The molecule has 0 amide bonds. The van der Waals surface area contributed by atoms with Crippen molar-refractivity contribution < 1.29 is 117 Å². The largest absolute Gasteiger partial charge is 4.00 e. The second-order valence-electron chi connectivity index (χ2n) is 0. The Morgan fingerprint density at radius 1 is 0.400 bits per heavy atom. The quantitative estimate of drug-likeness (QED) is 0.191. The average Bonchev–Trinajstić information content (AvgIpc) is 0. The third-order valence-electron chi connectivity index (χ3n) is 0. The van der Waals surface area contributed by atoms with Crippen molar-refractivity contribution in [1.29, 1.82) is 0 Å². The van der Waals surface area contributed by atoms with Gasteiger partial charge in [-0.1, -0.05) is 0 Å². The van der Waals surface area contributed by atoms with Gasteiger partial charge >= 0.3 is 21.1 Å². The Morgan fingerprint density at radius 3 is 0.400 bits per heavy atom. The standard InChI is InChI=1S/4HI.Mo/h4*1H;/q;;;;+4/p-4. The van der Waals surface area contributed by atoms with E-state index in [-0.39, 0.29) is 117 Å². The molecule has 5 heavy (non-hydrogen) atoms. The molecule has 0 aliphatic rings. The molecule has 0 bridgehead atoms. The number of halogens is 4. The summed E-state index contributed by atoms with van der Waals surface area (Å²) in [6.07, 6.45) is 0. The van der Waals surface area contributed by atoms with Crippen LogP contribution >= 0.6 is 0 Å². The van der Waals surface area contributed by atoms with Crippen LogP contribution in [0.3, 0.4) is 0 Å². The Hall–Kier alpha value is 3.61. The number of hydrogen-bond donors (Lipinski definition) is 0. The van der Waals surface area contributed by atoms with Crippen LogP contribution in [0.25, 0.3) is 0 Å². The Morgan fingerprint density at radius 2 is 0.400 bits per heavy atom. The minimum atomic E-state index is 0. The van der Waals surface area contributed by atoms with E-state index in [4.69, 9.17) is 0 Å². The topological polar surface area (TPSA) is 0 Å². The van der Waals surface area contributed by atoms with Crippen LogP contribution in [0.1, 0.15) is 0 Å². The summed E-state index contributed by atoms with van der Waals surface area (Å²) in [6, 6.07) is 0. The van der Waals surface area contributed by atoms with Gasteiger partial charge in [-0.25, -0.2) is 0 Å². The fraction of sp³-hybridized carbons (Fsp3) is 0. The zero-order valence-electron chi connectivity index (χ0n) is 1.92. The van der Waals surface area contributed by atoms with Crippen LogP contribution in [0.15, 0.2) is 0 Å². The van der Waals surface area contributed by atoms with Gasteiger partial charge in [0.2, 0.25) is 0 Å². The minimum absolute atomic E-state index is 0. The zero-order chi connectivity index (χ0) is 0. The molecule has 0 aliphatic carbocycles. The van der Waals surface area contributed by atoms with Crippen LogP contribution < -0.4 is 95.9 Å². The van der Waals surface area contributed by atoms with E-state index in [1.54, 1.807) is 0 Å². The molecular weight excluding hydrogens is 604 g/mol.